The average Bonchev–Trinajstić information content (AvgIpc) is 3.14. The lowest BCUT2D eigenvalue weighted by atomic mass is 10.0. The van der Waals surface area contributed by atoms with E-state index in [0.29, 0.717) is 5.92 Å². The van der Waals surface area contributed by atoms with Crippen LogP contribution in [0, 0.1) is 6.92 Å². The van der Waals surface area contributed by atoms with Crippen LogP contribution in [0.5, 0.6) is 0 Å². The van der Waals surface area contributed by atoms with E-state index in [0.717, 1.165) is 12.2 Å². The summed E-state index contributed by atoms with van der Waals surface area (Å²) < 4.78 is 2.00. The highest BCUT2D eigenvalue weighted by Gasteiger charge is 2.25. The number of benzene rings is 1. The monoisotopic (exact) mass is 283 g/mol. The molecule has 0 amide bonds. The van der Waals surface area contributed by atoms with Gasteiger partial charge in [0.15, 0.2) is 0 Å². The summed E-state index contributed by atoms with van der Waals surface area (Å²) >= 11 is 0. The Bertz CT molecular complexity index is 630. The molecule has 1 aliphatic carbocycles. The van der Waals surface area contributed by atoms with Crippen LogP contribution in [0.25, 0.3) is 5.69 Å². The third-order valence-electron chi connectivity index (χ3n) is 4.01. The van der Waals surface area contributed by atoms with Gasteiger partial charge in [0, 0.05) is 24.2 Å². The molecule has 0 radical (unpaired) electrons. The van der Waals surface area contributed by atoms with Gasteiger partial charge >= 0.3 is 0 Å². The van der Waals surface area contributed by atoms with Crippen LogP contribution in [0.1, 0.15) is 56.4 Å². The van der Waals surface area contributed by atoms with Gasteiger partial charge in [0.2, 0.25) is 0 Å². The quantitative estimate of drug-likeness (QED) is 0.921. The third-order valence-corrected chi connectivity index (χ3v) is 4.01. The molecule has 3 nitrogen and oxygen atoms in total. The molecule has 1 fully saturated rings. The molecule has 3 rings (SSSR count). The van der Waals surface area contributed by atoms with Crippen LogP contribution in [0.3, 0.4) is 0 Å². The van der Waals surface area contributed by atoms with Gasteiger partial charge in [-0.1, -0.05) is 6.07 Å². The summed E-state index contributed by atoms with van der Waals surface area (Å²) in [5, 5.41) is 8.24. The molecule has 0 unspecified atom stereocenters. The summed E-state index contributed by atoms with van der Waals surface area (Å²) in [5.74, 6) is 0.711. The second kappa shape index (κ2) is 5.30. The molecule has 0 bridgehead atoms. The SMILES string of the molecule is Cc1cc(-n2ccc(C3CC3)n2)ccc1CNC(C)(C)C. The fourth-order valence-corrected chi connectivity index (χ4v) is 2.46. The van der Waals surface area contributed by atoms with Gasteiger partial charge in [-0.3, -0.25) is 0 Å². The molecule has 2 aromatic rings. The van der Waals surface area contributed by atoms with Gasteiger partial charge in [0.25, 0.3) is 0 Å². The van der Waals surface area contributed by atoms with Crippen LogP contribution >= 0.6 is 0 Å². The molecule has 0 spiro atoms. The fraction of sp³-hybridized carbons (Fsp3) is 0.500. The van der Waals surface area contributed by atoms with Crippen molar-refractivity contribution in [2.24, 2.45) is 0 Å². The van der Waals surface area contributed by atoms with E-state index in [9.17, 15) is 0 Å². The topological polar surface area (TPSA) is 29.9 Å². The molecule has 21 heavy (non-hydrogen) atoms. The van der Waals surface area contributed by atoms with Crippen molar-refractivity contribution >= 4 is 0 Å². The van der Waals surface area contributed by atoms with Crippen LogP contribution in [0.2, 0.25) is 0 Å². The normalized spacial score (nSPS) is 15.4. The minimum absolute atomic E-state index is 0.145. The van der Waals surface area contributed by atoms with Gasteiger partial charge in [0.05, 0.1) is 11.4 Å². The summed E-state index contributed by atoms with van der Waals surface area (Å²) in [5.41, 5.74) is 5.20. The van der Waals surface area contributed by atoms with E-state index < -0.39 is 0 Å². The van der Waals surface area contributed by atoms with E-state index in [2.05, 4.69) is 63.5 Å². The van der Waals surface area contributed by atoms with Crippen molar-refractivity contribution in [3.8, 4) is 5.69 Å². The van der Waals surface area contributed by atoms with Gasteiger partial charge in [-0.05, 0) is 69.9 Å². The molecule has 1 heterocycles. The Labute approximate surface area is 127 Å². The van der Waals surface area contributed by atoms with E-state index in [1.807, 2.05) is 4.68 Å². The maximum absolute atomic E-state index is 4.70. The standard InChI is InChI=1S/C18H25N3/c1-13-11-16(8-7-15(13)12-19-18(2,3)4)21-10-9-17(20-21)14-5-6-14/h7-11,14,19H,5-6,12H2,1-4H3. The van der Waals surface area contributed by atoms with Crippen molar-refractivity contribution < 1.29 is 0 Å². The Morgan fingerprint density at radius 1 is 1.24 bits per heavy atom. The van der Waals surface area contributed by atoms with Crippen molar-refractivity contribution in [2.75, 3.05) is 0 Å². The van der Waals surface area contributed by atoms with Crippen molar-refractivity contribution in [2.45, 2.75) is 58.5 Å². The van der Waals surface area contributed by atoms with Crippen LogP contribution < -0.4 is 5.32 Å². The highest BCUT2D eigenvalue weighted by molar-refractivity contribution is 5.40. The molecule has 3 heteroatoms. The summed E-state index contributed by atoms with van der Waals surface area (Å²) in [6.07, 6.45) is 4.68. The minimum atomic E-state index is 0.145. The lowest BCUT2D eigenvalue weighted by Crippen LogP contribution is -2.35. The van der Waals surface area contributed by atoms with Crippen molar-refractivity contribution in [3.63, 3.8) is 0 Å². The minimum Gasteiger partial charge on any atom is -0.308 e. The van der Waals surface area contributed by atoms with Crippen LogP contribution in [0.4, 0.5) is 0 Å². The lowest BCUT2D eigenvalue weighted by molar-refractivity contribution is 0.424. The fourth-order valence-electron chi connectivity index (χ4n) is 2.46. The highest BCUT2D eigenvalue weighted by Crippen LogP contribution is 2.39. The zero-order chi connectivity index (χ0) is 15.0. The Morgan fingerprint density at radius 2 is 2.00 bits per heavy atom. The summed E-state index contributed by atoms with van der Waals surface area (Å²) in [4.78, 5) is 0. The lowest BCUT2D eigenvalue weighted by Gasteiger charge is -2.21. The number of hydrogen-bond donors (Lipinski definition) is 1. The molecule has 1 aliphatic rings. The van der Waals surface area contributed by atoms with Crippen LogP contribution in [0.15, 0.2) is 30.5 Å². The van der Waals surface area contributed by atoms with Crippen molar-refractivity contribution in [1.82, 2.24) is 15.1 Å². The van der Waals surface area contributed by atoms with E-state index in [1.54, 1.807) is 0 Å². The summed E-state index contributed by atoms with van der Waals surface area (Å²) in [7, 11) is 0. The second-order valence-electron chi connectivity index (χ2n) is 7.17. The molecule has 1 N–H and O–H groups in total. The highest BCUT2D eigenvalue weighted by atomic mass is 15.3. The summed E-state index contributed by atoms with van der Waals surface area (Å²) in [6, 6.07) is 8.75. The first-order chi connectivity index (χ1) is 9.92. The largest absolute Gasteiger partial charge is 0.308 e. The number of nitrogens with zero attached hydrogens (tertiary/aromatic N) is 2. The molecular formula is C18H25N3. The maximum Gasteiger partial charge on any atom is 0.0659 e. The Balaban J connectivity index is 1.76. The summed E-state index contributed by atoms with van der Waals surface area (Å²) in [6.45, 7) is 9.66. The zero-order valence-corrected chi connectivity index (χ0v) is 13.5. The Hall–Kier alpha value is -1.61. The molecular weight excluding hydrogens is 258 g/mol. The van der Waals surface area contributed by atoms with Crippen molar-refractivity contribution in [1.29, 1.82) is 0 Å². The number of aromatic nitrogens is 2. The molecule has 0 aliphatic heterocycles. The maximum atomic E-state index is 4.70. The van der Waals surface area contributed by atoms with Crippen molar-refractivity contribution in [3.05, 3.63) is 47.3 Å². The molecule has 1 aromatic heterocycles. The number of nitrogens with one attached hydrogen (secondary N) is 1. The van der Waals surface area contributed by atoms with Gasteiger partial charge in [0.1, 0.15) is 0 Å². The number of aryl methyl sites for hydroxylation is 1. The third kappa shape index (κ3) is 3.53. The smallest absolute Gasteiger partial charge is 0.0659 e. The first-order valence-electron chi connectivity index (χ1n) is 7.83. The van der Waals surface area contributed by atoms with E-state index in [1.165, 1.54) is 29.7 Å². The van der Waals surface area contributed by atoms with E-state index >= 15 is 0 Å². The number of hydrogen-bond acceptors (Lipinski definition) is 2. The molecule has 1 saturated carbocycles. The molecule has 0 saturated heterocycles. The number of rotatable bonds is 4. The Kier molecular flexibility index (Phi) is 3.62. The molecule has 1 aromatic carbocycles. The van der Waals surface area contributed by atoms with Gasteiger partial charge in [-0.25, -0.2) is 4.68 Å². The predicted molar refractivity (Wildman–Crippen MR) is 86.9 cm³/mol. The Morgan fingerprint density at radius 3 is 2.62 bits per heavy atom. The zero-order valence-electron chi connectivity index (χ0n) is 13.5. The van der Waals surface area contributed by atoms with Gasteiger partial charge < -0.3 is 5.32 Å². The predicted octanol–water partition coefficient (Wildman–Crippen LogP) is 3.95. The molecule has 0 atom stereocenters. The van der Waals surface area contributed by atoms with E-state index in [-0.39, 0.29) is 5.54 Å². The van der Waals surface area contributed by atoms with Crippen LogP contribution in [-0.2, 0) is 6.54 Å². The first-order valence-corrected chi connectivity index (χ1v) is 7.83. The van der Waals surface area contributed by atoms with E-state index in [4.69, 9.17) is 5.10 Å². The molecule has 112 valence electrons. The first kappa shape index (κ1) is 14.3. The van der Waals surface area contributed by atoms with Crippen LogP contribution in [-0.4, -0.2) is 15.3 Å². The van der Waals surface area contributed by atoms with Gasteiger partial charge in [-0.15, -0.1) is 0 Å². The second-order valence-corrected chi connectivity index (χ2v) is 7.17. The average molecular weight is 283 g/mol. The van der Waals surface area contributed by atoms with Gasteiger partial charge in [-0.2, -0.15) is 5.10 Å².